The number of hydrogen-bond acceptors (Lipinski definition) is 4. The van der Waals surface area contributed by atoms with Crippen LogP contribution in [0.4, 0.5) is 4.39 Å². The summed E-state index contributed by atoms with van der Waals surface area (Å²) in [6.07, 6.45) is 0.276. The van der Waals surface area contributed by atoms with Crippen molar-refractivity contribution in [1.29, 1.82) is 0 Å². The number of methoxy groups -OCH3 is 1. The molecule has 2 aliphatic rings. The number of benzene rings is 3. The maximum atomic E-state index is 13.9. The highest BCUT2D eigenvalue weighted by Crippen LogP contribution is 2.47. The fraction of sp³-hybridized carbons (Fsp3) is 0.174. The molecule has 0 unspecified atom stereocenters. The van der Waals surface area contributed by atoms with Gasteiger partial charge in [-0.3, -0.25) is 0 Å². The van der Waals surface area contributed by atoms with Crippen molar-refractivity contribution in [3.63, 3.8) is 0 Å². The second-order valence-corrected chi connectivity index (χ2v) is 6.94. The summed E-state index contributed by atoms with van der Waals surface area (Å²) >= 11 is 0. The third-order valence-corrected chi connectivity index (χ3v) is 5.24. The van der Waals surface area contributed by atoms with Crippen molar-refractivity contribution < 1.29 is 13.9 Å². The molecule has 140 valence electrons. The zero-order valence-electron chi connectivity index (χ0n) is 15.4. The topological polar surface area (TPSA) is 34.1 Å². The van der Waals surface area contributed by atoms with E-state index in [-0.39, 0.29) is 11.9 Å². The van der Waals surface area contributed by atoms with Gasteiger partial charge in [-0.1, -0.05) is 42.5 Å². The molecule has 2 atom stereocenters. The van der Waals surface area contributed by atoms with E-state index in [2.05, 4.69) is 6.07 Å². The number of hydrazone groups is 1. The highest BCUT2D eigenvalue weighted by molar-refractivity contribution is 6.02. The average molecular weight is 374 g/mol. The Morgan fingerprint density at radius 3 is 2.75 bits per heavy atom. The van der Waals surface area contributed by atoms with Crippen LogP contribution >= 0.6 is 0 Å². The van der Waals surface area contributed by atoms with Gasteiger partial charge >= 0.3 is 0 Å². The summed E-state index contributed by atoms with van der Waals surface area (Å²) in [7, 11) is 1.66. The maximum absolute atomic E-state index is 13.9. The highest BCUT2D eigenvalue weighted by atomic mass is 19.1. The zero-order valence-corrected chi connectivity index (χ0v) is 15.4. The van der Waals surface area contributed by atoms with Crippen molar-refractivity contribution in [3.05, 3.63) is 95.3 Å². The first-order chi connectivity index (χ1) is 13.7. The molecule has 0 saturated heterocycles. The minimum Gasteiger partial charge on any atom is -0.497 e. The second-order valence-electron chi connectivity index (χ2n) is 6.94. The summed E-state index contributed by atoms with van der Waals surface area (Å²) in [4.78, 5) is 0. The van der Waals surface area contributed by atoms with Crippen LogP contribution < -0.4 is 9.47 Å². The monoisotopic (exact) mass is 374 g/mol. The average Bonchev–Trinajstić information content (AvgIpc) is 3.19. The van der Waals surface area contributed by atoms with Crippen LogP contribution in [-0.4, -0.2) is 17.8 Å². The molecule has 2 aliphatic heterocycles. The van der Waals surface area contributed by atoms with E-state index in [0.717, 1.165) is 40.3 Å². The third-order valence-electron chi connectivity index (χ3n) is 5.24. The molecule has 2 heterocycles. The van der Waals surface area contributed by atoms with Gasteiger partial charge in [-0.15, -0.1) is 0 Å². The lowest BCUT2D eigenvalue weighted by molar-refractivity contribution is -0.0192. The standard InChI is InChI=1S/C23H19FN2O2/c1-27-18-9-5-6-15(13-18)20-14-21-19-10-2-3-11-22(19)28-23(26(21)25-20)16-7-4-8-17(24)12-16/h2-13,21,23H,14H2,1H3/t21-,23-/m0/s1. The first-order valence-corrected chi connectivity index (χ1v) is 9.24. The number of rotatable bonds is 3. The first-order valence-electron chi connectivity index (χ1n) is 9.24. The van der Waals surface area contributed by atoms with Crippen LogP contribution in [0.3, 0.4) is 0 Å². The lowest BCUT2D eigenvalue weighted by Gasteiger charge is -2.38. The largest absolute Gasteiger partial charge is 0.497 e. The lowest BCUT2D eigenvalue weighted by Crippen LogP contribution is -2.33. The molecule has 0 N–H and O–H groups in total. The molecule has 5 heteroatoms. The number of hydrogen-bond donors (Lipinski definition) is 0. The van der Waals surface area contributed by atoms with Crippen LogP contribution in [0.2, 0.25) is 0 Å². The van der Waals surface area contributed by atoms with Gasteiger partial charge in [-0.2, -0.15) is 5.10 Å². The Bertz CT molecular complexity index is 1070. The molecular weight excluding hydrogens is 355 g/mol. The summed E-state index contributed by atoms with van der Waals surface area (Å²) in [5.41, 5.74) is 3.82. The molecule has 4 nitrogen and oxygen atoms in total. The Labute approximate surface area is 162 Å². The van der Waals surface area contributed by atoms with Crippen molar-refractivity contribution in [1.82, 2.24) is 5.01 Å². The molecule has 0 spiro atoms. The van der Waals surface area contributed by atoms with E-state index in [4.69, 9.17) is 14.6 Å². The summed E-state index contributed by atoms with van der Waals surface area (Å²) in [6.45, 7) is 0. The number of fused-ring (bicyclic) bond motifs is 3. The van der Waals surface area contributed by atoms with Gasteiger partial charge in [-0.25, -0.2) is 9.40 Å². The van der Waals surface area contributed by atoms with Crippen molar-refractivity contribution in [3.8, 4) is 11.5 Å². The molecule has 3 aromatic carbocycles. The van der Waals surface area contributed by atoms with Crippen molar-refractivity contribution in [2.75, 3.05) is 7.11 Å². The van der Waals surface area contributed by atoms with Crippen LogP contribution in [-0.2, 0) is 0 Å². The van der Waals surface area contributed by atoms with Gasteiger partial charge in [0.05, 0.1) is 18.9 Å². The van der Waals surface area contributed by atoms with Crippen LogP contribution in [0.5, 0.6) is 11.5 Å². The number of nitrogens with zero attached hydrogens (tertiary/aromatic N) is 2. The predicted molar refractivity (Wildman–Crippen MR) is 105 cm³/mol. The molecule has 5 rings (SSSR count). The van der Waals surface area contributed by atoms with E-state index < -0.39 is 6.23 Å². The Morgan fingerprint density at radius 2 is 1.89 bits per heavy atom. The molecule has 0 amide bonds. The summed E-state index contributed by atoms with van der Waals surface area (Å²) < 4.78 is 25.5. The first kappa shape index (κ1) is 16.8. The highest BCUT2D eigenvalue weighted by Gasteiger charge is 2.40. The van der Waals surface area contributed by atoms with Crippen molar-refractivity contribution in [2.24, 2.45) is 5.10 Å². The molecule has 3 aromatic rings. The van der Waals surface area contributed by atoms with E-state index >= 15 is 0 Å². The van der Waals surface area contributed by atoms with Crippen LogP contribution in [0.15, 0.2) is 77.9 Å². The smallest absolute Gasteiger partial charge is 0.213 e. The number of para-hydroxylation sites is 1. The Hall–Kier alpha value is -3.34. The summed E-state index contributed by atoms with van der Waals surface area (Å²) in [5.74, 6) is 1.33. The molecule has 0 radical (unpaired) electrons. The van der Waals surface area contributed by atoms with E-state index in [0.29, 0.717) is 0 Å². The minimum absolute atomic E-state index is 0.0411. The summed E-state index contributed by atoms with van der Waals surface area (Å²) in [5, 5.41) is 6.84. The maximum Gasteiger partial charge on any atom is 0.213 e. The van der Waals surface area contributed by atoms with Gasteiger partial charge in [0.15, 0.2) is 0 Å². The van der Waals surface area contributed by atoms with E-state index in [1.807, 2.05) is 53.5 Å². The van der Waals surface area contributed by atoms with Crippen molar-refractivity contribution in [2.45, 2.75) is 18.7 Å². The number of ether oxygens (including phenoxy) is 2. The minimum atomic E-state index is -0.473. The van der Waals surface area contributed by atoms with Crippen LogP contribution in [0.25, 0.3) is 0 Å². The normalized spacial score (nSPS) is 20.1. The third kappa shape index (κ3) is 2.80. The van der Waals surface area contributed by atoms with Gasteiger partial charge in [0.1, 0.15) is 17.3 Å². The molecule has 0 aliphatic carbocycles. The van der Waals surface area contributed by atoms with Gasteiger partial charge in [0.25, 0.3) is 0 Å². The fourth-order valence-electron chi connectivity index (χ4n) is 3.89. The van der Waals surface area contributed by atoms with Gasteiger partial charge < -0.3 is 9.47 Å². The molecule has 0 aromatic heterocycles. The molecule has 0 saturated carbocycles. The van der Waals surface area contributed by atoms with Gasteiger partial charge in [0, 0.05) is 23.1 Å². The Morgan fingerprint density at radius 1 is 1.04 bits per heavy atom. The van der Waals surface area contributed by atoms with Crippen LogP contribution in [0.1, 0.15) is 35.4 Å². The fourth-order valence-corrected chi connectivity index (χ4v) is 3.89. The van der Waals surface area contributed by atoms with E-state index in [1.165, 1.54) is 12.1 Å². The van der Waals surface area contributed by atoms with E-state index in [1.54, 1.807) is 13.2 Å². The predicted octanol–water partition coefficient (Wildman–Crippen LogP) is 5.08. The number of halogens is 1. The Balaban J connectivity index is 1.59. The van der Waals surface area contributed by atoms with Gasteiger partial charge in [0.2, 0.25) is 6.23 Å². The SMILES string of the molecule is COc1cccc(C2=NN3[C@@H](C2)c2ccccc2O[C@H]3c2cccc(F)c2)c1. The quantitative estimate of drug-likeness (QED) is 0.641. The zero-order chi connectivity index (χ0) is 19.1. The summed E-state index contributed by atoms with van der Waals surface area (Å²) in [6, 6.07) is 22.4. The van der Waals surface area contributed by atoms with E-state index in [9.17, 15) is 4.39 Å². The second kappa shape index (κ2) is 6.68. The molecule has 28 heavy (non-hydrogen) atoms. The Kier molecular flexibility index (Phi) is 4.01. The van der Waals surface area contributed by atoms with Crippen molar-refractivity contribution >= 4 is 5.71 Å². The van der Waals surface area contributed by atoms with Crippen LogP contribution in [0, 0.1) is 5.82 Å². The van der Waals surface area contributed by atoms with Gasteiger partial charge in [-0.05, 0) is 30.3 Å². The molecular formula is C23H19FN2O2. The molecule has 0 fully saturated rings. The lowest BCUT2D eigenvalue weighted by atomic mass is 9.96. The molecule has 0 bridgehead atoms.